The standard InChI is InChI=1S/C19H15ClF3N3OS/c1-11-16(28-18(24-11)26(2)13-6-4-3-5-7-13)17(27)25-12-8-9-15(20)14(10-12)19(21,22)23/h3-10H,1-2H3,(H,25,27). The Balaban J connectivity index is 1.83. The second kappa shape index (κ2) is 7.81. The molecule has 3 rings (SSSR count). The summed E-state index contributed by atoms with van der Waals surface area (Å²) in [5.74, 6) is -0.529. The van der Waals surface area contributed by atoms with Crippen LogP contribution in [0.25, 0.3) is 0 Å². The van der Waals surface area contributed by atoms with E-state index in [2.05, 4.69) is 10.3 Å². The first-order valence-corrected chi connectivity index (χ1v) is 9.30. The van der Waals surface area contributed by atoms with Gasteiger partial charge in [-0.25, -0.2) is 4.98 Å². The quantitative estimate of drug-likeness (QED) is 0.545. The number of alkyl halides is 3. The summed E-state index contributed by atoms with van der Waals surface area (Å²) in [5.41, 5.74) is 0.394. The molecule has 1 heterocycles. The summed E-state index contributed by atoms with van der Waals surface area (Å²) in [5, 5.41) is 2.66. The molecule has 0 radical (unpaired) electrons. The second-order valence-electron chi connectivity index (χ2n) is 5.95. The van der Waals surface area contributed by atoms with Gasteiger partial charge in [0.05, 0.1) is 16.3 Å². The fourth-order valence-corrected chi connectivity index (χ4v) is 3.68. The first-order chi connectivity index (χ1) is 13.2. The Kier molecular flexibility index (Phi) is 5.62. The molecule has 0 aliphatic rings. The number of carbonyl (C=O) groups excluding carboxylic acids is 1. The van der Waals surface area contributed by atoms with Crippen LogP contribution in [0.3, 0.4) is 0 Å². The Morgan fingerprint density at radius 1 is 1.18 bits per heavy atom. The number of nitrogens with zero attached hydrogens (tertiary/aromatic N) is 2. The molecule has 4 nitrogen and oxygen atoms in total. The monoisotopic (exact) mass is 425 g/mol. The van der Waals surface area contributed by atoms with E-state index < -0.39 is 22.7 Å². The van der Waals surface area contributed by atoms with Crippen LogP contribution < -0.4 is 10.2 Å². The SMILES string of the molecule is Cc1nc(N(C)c2ccccc2)sc1C(=O)Nc1ccc(Cl)c(C(F)(F)F)c1. The van der Waals surface area contributed by atoms with Gasteiger partial charge in [0.15, 0.2) is 5.13 Å². The van der Waals surface area contributed by atoms with E-state index >= 15 is 0 Å². The number of hydrogen-bond donors (Lipinski definition) is 1. The van der Waals surface area contributed by atoms with Crippen molar-refractivity contribution in [3.05, 3.63) is 69.7 Å². The summed E-state index contributed by atoms with van der Waals surface area (Å²) >= 11 is 6.77. The minimum atomic E-state index is -4.61. The molecule has 0 spiro atoms. The van der Waals surface area contributed by atoms with Gasteiger partial charge in [-0.3, -0.25) is 4.79 Å². The number of anilines is 3. The third-order valence-corrected chi connectivity index (χ3v) is 5.51. The van der Waals surface area contributed by atoms with E-state index in [0.29, 0.717) is 15.7 Å². The lowest BCUT2D eigenvalue weighted by Crippen LogP contribution is -2.13. The Morgan fingerprint density at radius 2 is 1.86 bits per heavy atom. The molecule has 0 unspecified atom stereocenters. The third kappa shape index (κ3) is 4.28. The van der Waals surface area contributed by atoms with E-state index in [1.807, 2.05) is 42.3 Å². The van der Waals surface area contributed by atoms with E-state index in [1.165, 1.54) is 6.07 Å². The molecule has 28 heavy (non-hydrogen) atoms. The third-order valence-electron chi connectivity index (χ3n) is 3.95. The van der Waals surface area contributed by atoms with Crippen molar-refractivity contribution in [1.82, 2.24) is 4.98 Å². The molecule has 0 fully saturated rings. The number of thiazole rings is 1. The number of nitrogens with one attached hydrogen (secondary N) is 1. The van der Waals surface area contributed by atoms with E-state index in [0.717, 1.165) is 29.2 Å². The number of hydrogen-bond acceptors (Lipinski definition) is 4. The maximum Gasteiger partial charge on any atom is 0.417 e. The van der Waals surface area contributed by atoms with Crippen molar-refractivity contribution in [2.45, 2.75) is 13.1 Å². The molecule has 0 aliphatic carbocycles. The van der Waals surface area contributed by atoms with Gasteiger partial charge in [0.1, 0.15) is 4.88 Å². The number of aromatic nitrogens is 1. The van der Waals surface area contributed by atoms with Gasteiger partial charge < -0.3 is 10.2 Å². The predicted octanol–water partition coefficient (Wildman–Crippen LogP) is 6.14. The largest absolute Gasteiger partial charge is 0.417 e. The fraction of sp³-hybridized carbons (Fsp3) is 0.158. The normalized spacial score (nSPS) is 11.4. The van der Waals surface area contributed by atoms with Crippen LogP contribution in [0.2, 0.25) is 5.02 Å². The van der Waals surface area contributed by atoms with Gasteiger partial charge in [-0.05, 0) is 37.3 Å². The van der Waals surface area contributed by atoms with E-state index in [1.54, 1.807) is 6.92 Å². The average Bonchev–Trinajstić information content (AvgIpc) is 3.04. The van der Waals surface area contributed by atoms with Gasteiger partial charge in [-0.15, -0.1) is 0 Å². The summed E-state index contributed by atoms with van der Waals surface area (Å²) < 4.78 is 39.0. The van der Waals surface area contributed by atoms with Crippen molar-refractivity contribution in [1.29, 1.82) is 0 Å². The number of benzene rings is 2. The predicted molar refractivity (Wildman–Crippen MR) is 106 cm³/mol. The van der Waals surface area contributed by atoms with E-state index in [9.17, 15) is 18.0 Å². The minimum Gasteiger partial charge on any atom is -0.321 e. The molecule has 0 atom stereocenters. The van der Waals surface area contributed by atoms with Crippen LogP contribution in [0.4, 0.5) is 29.7 Å². The molecule has 9 heteroatoms. The lowest BCUT2D eigenvalue weighted by atomic mass is 10.2. The van der Waals surface area contributed by atoms with Crippen molar-refractivity contribution >= 4 is 45.4 Å². The van der Waals surface area contributed by atoms with Crippen LogP contribution in [0.5, 0.6) is 0 Å². The highest BCUT2D eigenvalue weighted by atomic mass is 35.5. The molecular weight excluding hydrogens is 411 g/mol. The van der Waals surface area contributed by atoms with Gasteiger partial charge >= 0.3 is 6.18 Å². The van der Waals surface area contributed by atoms with Crippen LogP contribution >= 0.6 is 22.9 Å². The highest BCUT2D eigenvalue weighted by Crippen LogP contribution is 2.36. The van der Waals surface area contributed by atoms with Crippen molar-refractivity contribution < 1.29 is 18.0 Å². The first-order valence-electron chi connectivity index (χ1n) is 8.11. The summed E-state index contributed by atoms with van der Waals surface area (Å²) in [6, 6.07) is 12.7. The number of rotatable bonds is 4. The van der Waals surface area contributed by atoms with Crippen LogP contribution in [0.1, 0.15) is 20.9 Å². The van der Waals surface area contributed by atoms with Gasteiger partial charge in [0.25, 0.3) is 5.91 Å². The fourth-order valence-electron chi connectivity index (χ4n) is 2.51. The molecule has 2 aromatic carbocycles. The number of amides is 1. The van der Waals surface area contributed by atoms with E-state index in [-0.39, 0.29) is 5.69 Å². The van der Waals surface area contributed by atoms with Crippen LogP contribution in [0.15, 0.2) is 48.5 Å². The maximum absolute atomic E-state index is 13.0. The second-order valence-corrected chi connectivity index (χ2v) is 7.34. The van der Waals surface area contributed by atoms with Crippen molar-refractivity contribution in [2.75, 3.05) is 17.3 Å². The maximum atomic E-state index is 13.0. The zero-order valence-corrected chi connectivity index (χ0v) is 16.4. The van der Waals surface area contributed by atoms with Gasteiger partial charge in [0.2, 0.25) is 0 Å². The molecule has 1 N–H and O–H groups in total. The summed E-state index contributed by atoms with van der Waals surface area (Å²) in [7, 11) is 1.82. The highest BCUT2D eigenvalue weighted by molar-refractivity contribution is 7.17. The molecule has 0 aliphatic heterocycles. The Labute approximate surface area is 168 Å². The molecule has 3 aromatic rings. The number of para-hydroxylation sites is 1. The topological polar surface area (TPSA) is 45.2 Å². The first kappa shape index (κ1) is 20.2. The molecular formula is C19H15ClF3N3OS. The lowest BCUT2D eigenvalue weighted by molar-refractivity contribution is -0.137. The van der Waals surface area contributed by atoms with Crippen LogP contribution in [0, 0.1) is 6.92 Å². The van der Waals surface area contributed by atoms with E-state index in [4.69, 9.17) is 11.6 Å². The van der Waals surface area contributed by atoms with Crippen molar-refractivity contribution in [3.8, 4) is 0 Å². The van der Waals surface area contributed by atoms with Crippen LogP contribution in [-0.4, -0.2) is 17.9 Å². The molecule has 146 valence electrons. The minimum absolute atomic E-state index is 0.00693. The molecule has 1 amide bonds. The zero-order chi connectivity index (χ0) is 20.5. The smallest absolute Gasteiger partial charge is 0.321 e. The Morgan fingerprint density at radius 3 is 2.50 bits per heavy atom. The lowest BCUT2D eigenvalue weighted by Gasteiger charge is -2.15. The Hall–Kier alpha value is -2.58. The summed E-state index contributed by atoms with van der Waals surface area (Å²) in [4.78, 5) is 19.1. The number of aryl methyl sites for hydroxylation is 1. The highest BCUT2D eigenvalue weighted by Gasteiger charge is 2.33. The number of carbonyl (C=O) groups is 1. The summed E-state index contributed by atoms with van der Waals surface area (Å²) in [6.07, 6.45) is -4.61. The van der Waals surface area contributed by atoms with Crippen molar-refractivity contribution in [2.24, 2.45) is 0 Å². The summed E-state index contributed by atoms with van der Waals surface area (Å²) in [6.45, 7) is 1.68. The van der Waals surface area contributed by atoms with Gasteiger partial charge in [-0.2, -0.15) is 13.2 Å². The average molecular weight is 426 g/mol. The number of halogens is 4. The van der Waals surface area contributed by atoms with Gasteiger partial charge in [-0.1, -0.05) is 41.1 Å². The van der Waals surface area contributed by atoms with Crippen molar-refractivity contribution in [3.63, 3.8) is 0 Å². The van der Waals surface area contributed by atoms with Gasteiger partial charge in [0, 0.05) is 18.4 Å². The van der Waals surface area contributed by atoms with Crippen LogP contribution in [-0.2, 0) is 6.18 Å². The molecule has 0 saturated heterocycles. The molecule has 1 aromatic heterocycles. The molecule has 0 bridgehead atoms. The molecule has 0 saturated carbocycles. The Bertz CT molecular complexity index is 1010. The zero-order valence-electron chi connectivity index (χ0n) is 14.8.